The lowest BCUT2D eigenvalue weighted by molar-refractivity contribution is 0.214. The normalized spacial score (nSPS) is 12.0. The van der Waals surface area contributed by atoms with Crippen molar-refractivity contribution in [3.8, 4) is 0 Å². The van der Waals surface area contributed by atoms with Crippen molar-refractivity contribution in [1.82, 2.24) is 10.2 Å². The van der Waals surface area contributed by atoms with Crippen LogP contribution in [-0.2, 0) is 5.67 Å². The maximum Gasteiger partial charge on any atom is 0.149 e. The van der Waals surface area contributed by atoms with Crippen molar-refractivity contribution in [2.45, 2.75) is 26.4 Å². The Bertz CT molecular complexity index is 222. The van der Waals surface area contributed by atoms with Crippen LogP contribution in [0.4, 0.5) is 4.39 Å². The number of nitrogens with one attached hydrogen (secondary N) is 1. The number of alkyl halides is 1. The van der Waals surface area contributed by atoms with Crippen molar-refractivity contribution in [2.75, 3.05) is 0 Å². The second kappa shape index (κ2) is 2.08. The Morgan fingerprint density at radius 2 is 2.20 bits per heavy atom. The van der Waals surface area contributed by atoms with Crippen LogP contribution in [0.15, 0.2) is 6.07 Å². The van der Waals surface area contributed by atoms with Crippen LogP contribution in [0, 0.1) is 6.92 Å². The van der Waals surface area contributed by atoms with E-state index in [1.54, 1.807) is 6.07 Å². The van der Waals surface area contributed by atoms with Gasteiger partial charge in [-0.2, -0.15) is 5.10 Å². The van der Waals surface area contributed by atoms with Crippen molar-refractivity contribution >= 4 is 0 Å². The lowest BCUT2D eigenvalue weighted by atomic mass is 10.1. The number of aromatic amines is 1. The molecule has 0 amide bonds. The summed E-state index contributed by atoms with van der Waals surface area (Å²) in [5.74, 6) is 0. The first-order chi connectivity index (χ1) is 4.50. The monoisotopic (exact) mass is 142 g/mol. The number of halogens is 1. The van der Waals surface area contributed by atoms with Gasteiger partial charge in [-0.1, -0.05) is 0 Å². The number of rotatable bonds is 1. The van der Waals surface area contributed by atoms with Crippen LogP contribution in [0.5, 0.6) is 0 Å². The van der Waals surface area contributed by atoms with Gasteiger partial charge in [0, 0.05) is 5.69 Å². The Labute approximate surface area is 59.5 Å². The van der Waals surface area contributed by atoms with E-state index in [0.29, 0.717) is 5.69 Å². The van der Waals surface area contributed by atoms with E-state index in [9.17, 15) is 4.39 Å². The van der Waals surface area contributed by atoms with Crippen LogP contribution in [0.2, 0.25) is 0 Å². The third kappa shape index (κ3) is 1.35. The smallest absolute Gasteiger partial charge is 0.149 e. The zero-order valence-corrected chi connectivity index (χ0v) is 6.40. The topological polar surface area (TPSA) is 28.7 Å². The summed E-state index contributed by atoms with van der Waals surface area (Å²) in [6.45, 7) is 4.83. The summed E-state index contributed by atoms with van der Waals surface area (Å²) in [5, 5.41) is 6.47. The van der Waals surface area contributed by atoms with Crippen LogP contribution in [0.1, 0.15) is 25.2 Å². The summed E-state index contributed by atoms with van der Waals surface area (Å²) >= 11 is 0. The molecule has 1 aromatic heterocycles. The van der Waals surface area contributed by atoms with Crippen molar-refractivity contribution in [3.63, 3.8) is 0 Å². The molecule has 2 nitrogen and oxygen atoms in total. The predicted molar refractivity (Wildman–Crippen MR) is 37.5 cm³/mol. The number of aromatic nitrogens is 2. The molecule has 56 valence electrons. The minimum absolute atomic E-state index is 0.463. The highest BCUT2D eigenvalue weighted by Gasteiger charge is 2.21. The average molecular weight is 142 g/mol. The molecule has 0 radical (unpaired) electrons. The second-order valence-corrected chi connectivity index (χ2v) is 2.91. The first-order valence-electron chi connectivity index (χ1n) is 3.21. The molecule has 0 aliphatic carbocycles. The fourth-order valence-corrected chi connectivity index (χ4v) is 0.723. The molecule has 0 unspecified atom stereocenters. The molecule has 3 heteroatoms. The highest BCUT2D eigenvalue weighted by Crippen LogP contribution is 2.22. The quantitative estimate of drug-likeness (QED) is 0.637. The van der Waals surface area contributed by atoms with Crippen LogP contribution in [0.3, 0.4) is 0 Å². The molecule has 0 aliphatic rings. The Morgan fingerprint density at radius 1 is 1.60 bits per heavy atom. The molecule has 0 atom stereocenters. The number of hydrogen-bond donors (Lipinski definition) is 1. The van der Waals surface area contributed by atoms with Gasteiger partial charge in [0.2, 0.25) is 0 Å². The molecule has 10 heavy (non-hydrogen) atoms. The van der Waals surface area contributed by atoms with Crippen molar-refractivity contribution in [3.05, 3.63) is 17.5 Å². The summed E-state index contributed by atoms with van der Waals surface area (Å²) in [6, 6.07) is 1.71. The summed E-state index contributed by atoms with van der Waals surface area (Å²) in [6.07, 6.45) is 0. The lowest BCUT2D eigenvalue weighted by Crippen LogP contribution is -2.09. The van der Waals surface area contributed by atoms with Gasteiger partial charge in [-0.25, -0.2) is 4.39 Å². The minimum Gasteiger partial charge on any atom is -0.282 e. The number of hydrogen-bond acceptors (Lipinski definition) is 1. The molecule has 0 spiro atoms. The van der Waals surface area contributed by atoms with Gasteiger partial charge in [-0.3, -0.25) is 5.10 Å². The molecule has 1 N–H and O–H groups in total. The van der Waals surface area contributed by atoms with Gasteiger partial charge in [0.1, 0.15) is 5.67 Å². The van der Waals surface area contributed by atoms with Gasteiger partial charge in [0.15, 0.2) is 0 Å². The third-order valence-electron chi connectivity index (χ3n) is 1.32. The third-order valence-corrected chi connectivity index (χ3v) is 1.32. The Balaban J connectivity index is 2.96. The Hall–Kier alpha value is -0.860. The van der Waals surface area contributed by atoms with Crippen molar-refractivity contribution in [2.24, 2.45) is 0 Å². The first kappa shape index (κ1) is 7.25. The minimum atomic E-state index is -1.33. The molecular formula is C7H11FN2. The van der Waals surface area contributed by atoms with Gasteiger partial charge in [0.05, 0.1) is 5.69 Å². The van der Waals surface area contributed by atoms with E-state index in [2.05, 4.69) is 10.2 Å². The lowest BCUT2D eigenvalue weighted by Gasteiger charge is -2.08. The van der Waals surface area contributed by atoms with E-state index in [1.165, 1.54) is 13.8 Å². The van der Waals surface area contributed by atoms with Crippen LogP contribution >= 0.6 is 0 Å². The van der Waals surface area contributed by atoms with Crippen LogP contribution < -0.4 is 0 Å². The molecule has 1 rings (SSSR count). The van der Waals surface area contributed by atoms with Gasteiger partial charge in [-0.05, 0) is 26.8 Å². The molecule has 0 saturated carbocycles. The van der Waals surface area contributed by atoms with Crippen molar-refractivity contribution < 1.29 is 4.39 Å². The number of aryl methyl sites for hydroxylation is 1. The highest BCUT2D eigenvalue weighted by atomic mass is 19.1. The maximum atomic E-state index is 13.1. The molecule has 0 aliphatic heterocycles. The fraction of sp³-hybridized carbons (Fsp3) is 0.571. The number of nitrogens with zero attached hydrogens (tertiary/aromatic N) is 1. The van der Waals surface area contributed by atoms with Crippen LogP contribution in [-0.4, -0.2) is 10.2 Å². The molecule has 0 fully saturated rings. The summed E-state index contributed by atoms with van der Waals surface area (Å²) in [4.78, 5) is 0. The molecule has 1 aromatic rings. The second-order valence-electron chi connectivity index (χ2n) is 2.91. The molecular weight excluding hydrogens is 131 g/mol. The summed E-state index contributed by atoms with van der Waals surface area (Å²) < 4.78 is 13.1. The average Bonchev–Trinajstić information content (AvgIpc) is 2.11. The van der Waals surface area contributed by atoms with Crippen LogP contribution in [0.25, 0.3) is 0 Å². The molecule has 0 aromatic carbocycles. The van der Waals surface area contributed by atoms with E-state index in [4.69, 9.17) is 0 Å². The maximum absolute atomic E-state index is 13.1. The molecule has 1 heterocycles. The first-order valence-corrected chi connectivity index (χ1v) is 3.21. The highest BCUT2D eigenvalue weighted by molar-refractivity contribution is 5.12. The van der Waals surface area contributed by atoms with Gasteiger partial charge >= 0.3 is 0 Å². The zero-order valence-electron chi connectivity index (χ0n) is 6.40. The summed E-state index contributed by atoms with van der Waals surface area (Å²) in [7, 11) is 0. The standard InChI is InChI=1S/C7H11FN2/c1-5-4-6(10-9-5)7(2,3)8/h4H,1-3H3,(H,9,10). The predicted octanol–water partition coefficient (Wildman–Crippen LogP) is 1.92. The van der Waals surface area contributed by atoms with Gasteiger partial charge in [0.25, 0.3) is 0 Å². The van der Waals surface area contributed by atoms with E-state index in [-0.39, 0.29) is 0 Å². The Morgan fingerprint density at radius 3 is 2.40 bits per heavy atom. The van der Waals surface area contributed by atoms with Crippen molar-refractivity contribution in [1.29, 1.82) is 0 Å². The molecule has 0 bridgehead atoms. The number of H-pyrrole nitrogens is 1. The van der Waals surface area contributed by atoms with E-state index < -0.39 is 5.67 Å². The largest absolute Gasteiger partial charge is 0.282 e. The zero-order chi connectivity index (χ0) is 7.78. The summed E-state index contributed by atoms with van der Waals surface area (Å²) in [5.41, 5.74) is 0.0239. The fourth-order valence-electron chi connectivity index (χ4n) is 0.723. The van der Waals surface area contributed by atoms with Gasteiger partial charge < -0.3 is 0 Å². The molecule has 0 saturated heterocycles. The van der Waals surface area contributed by atoms with E-state index >= 15 is 0 Å². The SMILES string of the molecule is Cc1cc(C(C)(C)F)n[nH]1. The van der Waals surface area contributed by atoms with Gasteiger partial charge in [-0.15, -0.1) is 0 Å². The van der Waals surface area contributed by atoms with E-state index in [0.717, 1.165) is 5.69 Å². The van der Waals surface area contributed by atoms with E-state index in [1.807, 2.05) is 6.92 Å². The Kier molecular flexibility index (Phi) is 1.50.